The maximum atomic E-state index is 13.5. The molecule has 0 amide bonds. The van der Waals surface area contributed by atoms with Crippen molar-refractivity contribution in [3.8, 4) is 0 Å². The second-order valence-corrected chi connectivity index (χ2v) is 9.86. The molecule has 0 bridgehead atoms. The van der Waals surface area contributed by atoms with E-state index in [4.69, 9.17) is 0 Å². The Balaban J connectivity index is 1.54. The third kappa shape index (κ3) is 7.06. The molecule has 3 rings (SSSR count). The highest BCUT2D eigenvalue weighted by molar-refractivity contribution is 7.93. The molecule has 2 heterocycles. The van der Waals surface area contributed by atoms with E-state index in [1.54, 1.807) is 5.38 Å². The van der Waals surface area contributed by atoms with E-state index in [9.17, 15) is 21.6 Å². The molecule has 7 nitrogen and oxygen atoms in total. The molecule has 0 radical (unpaired) electrons. The molecule has 0 unspecified atom stereocenters. The van der Waals surface area contributed by atoms with Crippen LogP contribution in [0.4, 0.5) is 24.0 Å². The Labute approximate surface area is 183 Å². The van der Waals surface area contributed by atoms with E-state index in [1.807, 2.05) is 0 Å². The van der Waals surface area contributed by atoms with Crippen molar-refractivity contribution in [2.24, 2.45) is 0 Å². The first-order valence-corrected chi connectivity index (χ1v) is 12.4. The Morgan fingerprint density at radius 1 is 1.23 bits per heavy atom. The normalized spacial score (nSPS) is 17.1. The molecule has 12 heteroatoms. The quantitative estimate of drug-likeness (QED) is 0.370. The lowest BCUT2D eigenvalue weighted by molar-refractivity contribution is -0.137. The minimum Gasteiger partial charge on any atom is -0.385 e. The van der Waals surface area contributed by atoms with Crippen molar-refractivity contribution in [2.45, 2.75) is 42.8 Å². The molecule has 0 aliphatic carbocycles. The monoisotopic (exact) mass is 477 g/mol. The maximum Gasteiger partial charge on any atom is 0.418 e. The van der Waals surface area contributed by atoms with Crippen molar-refractivity contribution in [1.29, 1.82) is 0 Å². The smallest absolute Gasteiger partial charge is 0.385 e. The van der Waals surface area contributed by atoms with Crippen LogP contribution in [0.15, 0.2) is 34.7 Å². The number of hydrogen-bond acceptors (Lipinski definition) is 7. The fourth-order valence-corrected chi connectivity index (χ4v) is 5.15. The van der Waals surface area contributed by atoms with Crippen molar-refractivity contribution in [3.63, 3.8) is 0 Å². The number of rotatable bonds is 11. The Kier molecular flexibility index (Phi) is 8.14. The van der Waals surface area contributed by atoms with Crippen LogP contribution in [0.2, 0.25) is 0 Å². The third-order valence-electron chi connectivity index (χ3n) is 4.91. The van der Waals surface area contributed by atoms with Gasteiger partial charge in [0.05, 0.1) is 10.5 Å². The molecule has 4 N–H and O–H groups in total. The summed E-state index contributed by atoms with van der Waals surface area (Å²) in [5, 5.41) is 11.2. The zero-order valence-electron chi connectivity index (χ0n) is 16.8. The number of sulfonamides is 1. The summed E-state index contributed by atoms with van der Waals surface area (Å²) >= 11 is 1.04. The summed E-state index contributed by atoms with van der Waals surface area (Å²) in [7, 11) is -4.17. The molecule has 172 valence electrons. The first kappa shape index (κ1) is 23.8. The largest absolute Gasteiger partial charge is 0.418 e. The van der Waals surface area contributed by atoms with E-state index in [0.29, 0.717) is 25.1 Å². The van der Waals surface area contributed by atoms with Crippen molar-refractivity contribution >= 4 is 32.2 Å². The summed E-state index contributed by atoms with van der Waals surface area (Å²) in [4.78, 5) is 3.33. The molecule has 2 aromatic rings. The average Bonchev–Trinajstić information content (AvgIpc) is 3.40. The number of anilines is 2. The van der Waals surface area contributed by atoms with E-state index < -0.39 is 26.7 Å². The maximum absolute atomic E-state index is 13.5. The van der Waals surface area contributed by atoms with Crippen LogP contribution >= 0.6 is 11.3 Å². The Morgan fingerprint density at radius 3 is 2.71 bits per heavy atom. The summed E-state index contributed by atoms with van der Waals surface area (Å²) in [6.45, 7) is 3.11. The Bertz CT molecular complexity index is 931. The van der Waals surface area contributed by atoms with Gasteiger partial charge in [0.1, 0.15) is 0 Å². The topological polar surface area (TPSA) is 95.2 Å². The molecule has 1 fully saturated rings. The number of halogens is 3. The third-order valence-corrected chi connectivity index (χ3v) is 7.06. The Morgan fingerprint density at radius 2 is 2.03 bits per heavy atom. The zero-order chi connectivity index (χ0) is 22.3. The molecule has 0 spiro atoms. The first-order valence-electron chi connectivity index (χ1n) is 10.1. The molecular weight excluding hydrogens is 451 g/mol. The number of nitrogens with zero attached hydrogens (tertiary/aromatic N) is 1. The lowest BCUT2D eigenvalue weighted by Gasteiger charge is -2.16. The number of nitrogens with one attached hydrogen (secondary N) is 4. The van der Waals surface area contributed by atoms with Crippen molar-refractivity contribution in [1.82, 2.24) is 15.6 Å². The van der Waals surface area contributed by atoms with Gasteiger partial charge in [-0.15, -0.1) is 11.3 Å². The molecule has 1 aliphatic heterocycles. The highest BCUT2D eigenvalue weighted by atomic mass is 32.2. The van der Waals surface area contributed by atoms with E-state index in [2.05, 4.69) is 25.7 Å². The van der Waals surface area contributed by atoms with Gasteiger partial charge >= 0.3 is 6.18 Å². The van der Waals surface area contributed by atoms with Gasteiger partial charge in [0.15, 0.2) is 5.13 Å². The van der Waals surface area contributed by atoms with Gasteiger partial charge in [-0.1, -0.05) is 0 Å². The van der Waals surface area contributed by atoms with E-state index in [0.717, 1.165) is 49.5 Å². The van der Waals surface area contributed by atoms with Crippen molar-refractivity contribution < 1.29 is 21.6 Å². The lowest BCUT2D eigenvalue weighted by Crippen LogP contribution is -2.34. The lowest BCUT2D eigenvalue weighted by atomic mass is 10.1. The van der Waals surface area contributed by atoms with E-state index >= 15 is 0 Å². The van der Waals surface area contributed by atoms with Crippen LogP contribution in [0.25, 0.3) is 0 Å². The molecule has 0 saturated carbocycles. The molecule has 1 aromatic heterocycles. The van der Waals surface area contributed by atoms with Crippen LogP contribution < -0.4 is 20.7 Å². The fraction of sp³-hybridized carbons (Fsp3) is 0.526. The van der Waals surface area contributed by atoms with Crippen LogP contribution in [0, 0.1) is 0 Å². The number of benzene rings is 1. The molecule has 1 aliphatic rings. The van der Waals surface area contributed by atoms with Gasteiger partial charge in [-0.2, -0.15) is 13.2 Å². The average molecular weight is 478 g/mol. The van der Waals surface area contributed by atoms with Crippen LogP contribution in [0.5, 0.6) is 0 Å². The van der Waals surface area contributed by atoms with Crippen molar-refractivity contribution in [2.75, 3.05) is 36.2 Å². The van der Waals surface area contributed by atoms with Gasteiger partial charge in [-0.3, -0.25) is 4.72 Å². The number of aromatic nitrogens is 1. The van der Waals surface area contributed by atoms with Gasteiger partial charge in [0.25, 0.3) is 10.0 Å². The zero-order valence-corrected chi connectivity index (χ0v) is 18.5. The van der Waals surface area contributed by atoms with Crippen molar-refractivity contribution in [3.05, 3.63) is 35.3 Å². The van der Waals surface area contributed by atoms with Gasteiger partial charge in [-0.25, -0.2) is 13.4 Å². The predicted molar refractivity (Wildman–Crippen MR) is 116 cm³/mol. The minimum atomic E-state index is -4.69. The minimum absolute atomic E-state index is 0.0908. The van der Waals surface area contributed by atoms with Gasteiger partial charge in [-0.05, 0) is 57.0 Å². The van der Waals surface area contributed by atoms with Gasteiger partial charge < -0.3 is 16.0 Å². The summed E-state index contributed by atoms with van der Waals surface area (Å²) < 4.78 is 67.6. The summed E-state index contributed by atoms with van der Waals surface area (Å²) in [6, 6.07) is 3.47. The second-order valence-electron chi connectivity index (χ2n) is 7.28. The second kappa shape index (κ2) is 10.6. The molecule has 1 aromatic carbocycles. The summed E-state index contributed by atoms with van der Waals surface area (Å²) in [5.74, 6) is 0. The summed E-state index contributed by atoms with van der Waals surface area (Å²) in [5.41, 5.74) is -1.15. The Hall–Kier alpha value is -1.89. The first-order chi connectivity index (χ1) is 14.8. The SMILES string of the molecule is O=S(=O)(Nc1nccs1)c1ccc(NCCCCNC[C@@H]2CCCN2)c(C(F)(F)F)c1. The standard InChI is InChI=1S/C19H26F3N5O2S2/c20-19(21,22)16-12-15(31(28,29)27-18-26-10-11-30-18)5-6-17(16)25-8-2-1-7-23-13-14-4-3-9-24-14/h5-6,10-12,14,23-25H,1-4,7-9,13H2,(H,26,27)/t14-/m0/s1. The molecule has 1 saturated heterocycles. The highest BCUT2D eigenvalue weighted by Crippen LogP contribution is 2.36. The molecule has 1 atom stereocenters. The molecular formula is C19H26F3N5O2S2. The highest BCUT2D eigenvalue weighted by Gasteiger charge is 2.35. The van der Waals surface area contributed by atoms with Gasteiger partial charge in [0.2, 0.25) is 0 Å². The number of hydrogen-bond donors (Lipinski definition) is 4. The summed E-state index contributed by atoms with van der Waals surface area (Å²) in [6.07, 6.45) is 0.584. The predicted octanol–water partition coefficient (Wildman–Crippen LogP) is 3.50. The number of alkyl halides is 3. The fourth-order valence-electron chi connectivity index (χ4n) is 3.33. The van der Waals surface area contributed by atoms with Gasteiger partial charge in [0, 0.05) is 36.4 Å². The van der Waals surface area contributed by atoms with Crippen LogP contribution in [-0.2, 0) is 16.2 Å². The van der Waals surface area contributed by atoms with Crippen LogP contribution in [0.3, 0.4) is 0 Å². The van der Waals surface area contributed by atoms with Crippen LogP contribution in [-0.4, -0.2) is 45.6 Å². The molecule has 31 heavy (non-hydrogen) atoms. The van der Waals surface area contributed by atoms with Crippen LogP contribution in [0.1, 0.15) is 31.2 Å². The number of thiazole rings is 1. The number of unbranched alkanes of at least 4 members (excludes halogenated alkanes) is 1. The van der Waals surface area contributed by atoms with E-state index in [1.165, 1.54) is 19.0 Å². The van der Waals surface area contributed by atoms with E-state index in [-0.39, 0.29) is 10.8 Å².